The van der Waals surface area contributed by atoms with Crippen LogP contribution in [0.25, 0.3) is 0 Å². The first kappa shape index (κ1) is 15.5. The van der Waals surface area contributed by atoms with Gasteiger partial charge in [0, 0.05) is 31.2 Å². The predicted octanol–water partition coefficient (Wildman–Crippen LogP) is 3.27. The van der Waals surface area contributed by atoms with Gasteiger partial charge >= 0.3 is 6.18 Å². The number of rotatable bonds is 3. The summed E-state index contributed by atoms with van der Waals surface area (Å²) in [6.45, 7) is 1.48. The van der Waals surface area contributed by atoms with E-state index in [1.54, 1.807) is 4.90 Å². The molecule has 112 valence electrons. The van der Waals surface area contributed by atoms with E-state index in [2.05, 4.69) is 5.32 Å². The Labute approximate surface area is 119 Å². The second kappa shape index (κ2) is 6.28. The Balaban J connectivity index is 2.38. The Morgan fingerprint density at radius 1 is 1.25 bits per heavy atom. The molecule has 2 nitrogen and oxygen atoms in total. The number of nitrogens with one attached hydrogen (secondary N) is 1. The predicted molar refractivity (Wildman–Crippen MR) is 69.6 cm³/mol. The first-order valence-electron chi connectivity index (χ1n) is 6.31. The molecule has 0 aliphatic carbocycles. The molecule has 0 radical (unpaired) electrons. The maximum absolute atomic E-state index is 13.3. The van der Waals surface area contributed by atoms with Gasteiger partial charge in [-0.25, -0.2) is 4.39 Å². The van der Waals surface area contributed by atoms with Crippen molar-refractivity contribution in [3.63, 3.8) is 0 Å². The molecule has 20 heavy (non-hydrogen) atoms. The summed E-state index contributed by atoms with van der Waals surface area (Å²) in [5.74, 6) is 0. The van der Waals surface area contributed by atoms with Gasteiger partial charge in [0.15, 0.2) is 0 Å². The molecule has 1 fully saturated rings. The molecule has 0 spiro atoms. The molecule has 0 aromatic heterocycles. The Morgan fingerprint density at radius 3 is 2.45 bits per heavy atom. The summed E-state index contributed by atoms with van der Waals surface area (Å²) in [5, 5.41) is 3.09. The zero-order valence-corrected chi connectivity index (χ0v) is 11.4. The van der Waals surface area contributed by atoms with Crippen LogP contribution in [0.4, 0.5) is 17.6 Å². The van der Waals surface area contributed by atoms with Crippen molar-refractivity contribution in [3.05, 3.63) is 34.3 Å². The molecular formula is C13H15ClF4N2. The highest BCUT2D eigenvalue weighted by atomic mass is 35.5. The zero-order chi connectivity index (χ0) is 14.8. The minimum atomic E-state index is -4.54. The van der Waals surface area contributed by atoms with Crippen LogP contribution in [0.1, 0.15) is 17.2 Å². The van der Waals surface area contributed by atoms with Crippen LogP contribution in [0.15, 0.2) is 18.2 Å². The summed E-state index contributed by atoms with van der Waals surface area (Å²) in [6, 6.07) is 2.63. The average Bonchev–Trinajstić information content (AvgIpc) is 2.41. The number of alkyl halides is 4. The second-order valence-corrected chi connectivity index (χ2v) is 5.12. The lowest BCUT2D eigenvalue weighted by atomic mass is 9.99. The SMILES string of the molecule is FC[C@H](c1ccc(Cl)cc1C(F)(F)F)N1CCNCC1. The molecule has 1 aliphatic rings. The first-order valence-corrected chi connectivity index (χ1v) is 6.68. The summed E-state index contributed by atoms with van der Waals surface area (Å²) in [4.78, 5) is 1.73. The molecule has 0 bridgehead atoms. The van der Waals surface area contributed by atoms with E-state index in [1.165, 1.54) is 12.1 Å². The molecule has 1 N–H and O–H groups in total. The molecule has 1 aliphatic heterocycles. The van der Waals surface area contributed by atoms with Gasteiger partial charge in [-0.1, -0.05) is 17.7 Å². The third-order valence-corrected chi connectivity index (χ3v) is 3.65. The van der Waals surface area contributed by atoms with E-state index in [4.69, 9.17) is 11.6 Å². The van der Waals surface area contributed by atoms with Gasteiger partial charge in [0.05, 0.1) is 11.6 Å². The Bertz CT molecular complexity index is 458. The minimum absolute atomic E-state index is 0.000931. The van der Waals surface area contributed by atoms with Crippen LogP contribution in [0.5, 0.6) is 0 Å². The fraction of sp³-hybridized carbons (Fsp3) is 0.538. The fourth-order valence-corrected chi connectivity index (χ4v) is 2.61. The summed E-state index contributed by atoms with van der Waals surface area (Å²) < 4.78 is 52.6. The van der Waals surface area contributed by atoms with Crippen LogP contribution < -0.4 is 5.32 Å². The van der Waals surface area contributed by atoms with E-state index in [9.17, 15) is 17.6 Å². The third kappa shape index (κ3) is 3.42. The monoisotopic (exact) mass is 310 g/mol. The molecule has 1 atom stereocenters. The van der Waals surface area contributed by atoms with E-state index in [1.807, 2.05) is 0 Å². The molecule has 1 aromatic carbocycles. The van der Waals surface area contributed by atoms with Crippen LogP contribution >= 0.6 is 11.6 Å². The molecule has 1 saturated heterocycles. The number of hydrogen-bond acceptors (Lipinski definition) is 2. The van der Waals surface area contributed by atoms with Crippen molar-refractivity contribution >= 4 is 11.6 Å². The molecule has 7 heteroatoms. The van der Waals surface area contributed by atoms with E-state index >= 15 is 0 Å². The van der Waals surface area contributed by atoms with Gasteiger partial charge in [-0.15, -0.1) is 0 Å². The highest BCUT2D eigenvalue weighted by molar-refractivity contribution is 6.30. The second-order valence-electron chi connectivity index (χ2n) is 4.69. The maximum atomic E-state index is 13.3. The van der Waals surface area contributed by atoms with Gasteiger partial charge in [0.2, 0.25) is 0 Å². The van der Waals surface area contributed by atoms with Gasteiger partial charge in [0.1, 0.15) is 6.67 Å². The van der Waals surface area contributed by atoms with Crippen LogP contribution in [0.3, 0.4) is 0 Å². The number of piperazine rings is 1. The molecule has 0 saturated carbocycles. The van der Waals surface area contributed by atoms with Crippen molar-refractivity contribution in [1.29, 1.82) is 0 Å². The summed E-state index contributed by atoms with van der Waals surface area (Å²) in [7, 11) is 0. The number of benzene rings is 1. The van der Waals surface area contributed by atoms with Crippen LogP contribution in [-0.2, 0) is 6.18 Å². The molecule has 2 rings (SSSR count). The van der Waals surface area contributed by atoms with Gasteiger partial charge in [0.25, 0.3) is 0 Å². The van der Waals surface area contributed by atoms with Crippen LogP contribution in [-0.4, -0.2) is 37.8 Å². The minimum Gasteiger partial charge on any atom is -0.314 e. The summed E-state index contributed by atoms with van der Waals surface area (Å²) in [5.41, 5.74) is -0.905. The highest BCUT2D eigenvalue weighted by Crippen LogP contribution is 2.38. The van der Waals surface area contributed by atoms with Crippen molar-refractivity contribution in [2.24, 2.45) is 0 Å². The number of nitrogens with zero attached hydrogens (tertiary/aromatic N) is 1. The molecular weight excluding hydrogens is 296 g/mol. The number of halogens is 5. The van der Waals surface area contributed by atoms with Crippen molar-refractivity contribution in [2.45, 2.75) is 12.2 Å². The number of hydrogen-bond donors (Lipinski definition) is 1. The van der Waals surface area contributed by atoms with Gasteiger partial charge in [-0.05, 0) is 17.7 Å². The smallest absolute Gasteiger partial charge is 0.314 e. The molecule has 1 aromatic rings. The maximum Gasteiger partial charge on any atom is 0.416 e. The van der Waals surface area contributed by atoms with Crippen molar-refractivity contribution in [1.82, 2.24) is 10.2 Å². The lowest BCUT2D eigenvalue weighted by molar-refractivity contribution is -0.138. The molecule has 1 heterocycles. The fourth-order valence-electron chi connectivity index (χ4n) is 2.44. The highest BCUT2D eigenvalue weighted by Gasteiger charge is 2.37. The Morgan fingerprint density at radius 2 is 1.90 bits per heavy atom. The van der Waals surface area contributed by atoms with E-state index in [-0.39, 0.29) is 10.6 Å². The van der Waals surface area contributed by atoms with Crippen molar-refractivity contribution in [2.75, 3.05) is 32.9 Å². The first-order chi connectivity index (χ1) is 9.43. The van der Waals surface area contributed by atoms with Gasteiger partial charge < -0.3 is 5.32 Å². The average molecular weight is 311 g/mol. The summed E-state index contributed by atoms with van der Waals surface area (Å²) >= 11 is 5.64. The van der Waals surface area contributed by atoms with Crippen LogP contribution in [0, 0.1) is 0 Å². The zero-order valence-electron chi connectivity index (χ0n) is 10.7. The quantitative estimate of drug-likeness (QED) is 0.862. The molecule has 0 amide bonds. The van der Waals surface area contributed by atoms with E-state index in [0.29, 0.717) is 26.2 Å². The Kier molecular flexibility index (Phi) is 4.88. The molecule has 0 unspecified atom stereocenters. The van der Waals surface area contributed by atoms with E-state index < -0.39 is 24.5 Å². The lowest BCUT2D eigenvalue weighted by Gasteiger charge is -2.34. The van der Waals surface area contributed by atoms with Gasteiger partial charge in [-0.2, -0.15) is 13.2 Å². The van der Waals surface area contributed by atoms with E-state index in [0.717, 1.165) is 6.07 Å². The van der Waals surface area contributed by atoms with Gasteiger partial charge in [-0.3, -0.25) is 4.90 Å². The third-order valence-electron chi connectivity index (χ3n) is 3.42. The summed E-state index contributed by atoms with van der Waals surface area (Å²) in [6.07, 6.45) is -4.54. The van der Waals surface area contributed by atoms with Crippen LogP contribution in [0.2, 0.25) is 5.02 Å². The largest absolute Gasteiger partial charge is 0.416 e. The van der Waals surface area contributed by atoms with Crippen molar-refractivity contribution < 1.29 is 17.6 Å². The lowest BCUT2D eigenvalue weighted by Crippen LogP contribution is -2.46. The standard InChI is InChI=1S/C13H15ClF4N2/c14-9-1-2-10(11(7-9)13(16,17)18)12(8-15)20-5-3-19-4-6-20/h1-2,7,12,19H,3-6,8H2/t12-/m1/s1. The normalized spacial score (nSPS) is 19.1. The Hall–Kier alpha value is -0.850. The topological polar surface area (TPSA) is 15.3 Å². The van der Waals surface area contributed by atoms with Crippen molar-refractivity contribution in [3.8, 4) is 0 Å².